The van der Waals surface area contributed by atoms with E-state index in [1.54, 1.807) is 43.2 Å². The van der Waals surface area contributed by atoms with Crippen molar-refractivity contribution < 1.29 is 14.2 Å². The lowest BCUT2D eigenvalue weighted by Crippen LogP contribution is -2.41. The number of amides is 2. The average molecular weight is 312 g/mol. The summed E-state index contributed by atoms with van der Waals surface area (Å²) in [6.45, 7) is 4.08. The van der Waals surface area contributed by atoms with E-state index < -0.39 is 0 Å². The van der Waals surface area contributed by atoms with Crippen LogP contribution in [-0.4, -0.2) is 30.8 Å². The van der Waals surface area contributed by atoms with Gasteiger partial charge in [0, 0.05) is 25.8 Å². The average Bonchev–Trinajstić information content (AvgIpc) is 2.50. The highest BCUT2D eigenvalue weighted by Crippen LogP contribution is 2.19. The molecule has 0 aliphatic heterocycles. The van der Waals surface area contributed by atoms with Gasteiger partial charge >= 0.3 is 0 Å². The Hall–Kier alpha value is -2.69. The smallest absolute Gasteiger partial charge is 0.290 e. The molecule has 5 heteroatoms. The highest BCUT2D eigenvalue weighted by atomic mass is 16.2. The van der Waals surface area contributed by atoms with Crippen molar-refractivity contribution in [3.63, 3.8) is 0 Å². The second kappa shape index (κ2) is 7.05. The predicted molar refractivity (Wildman–Crippen MR) is 89.2 cm³/mol. The number of hydrogen-bond donors (Lipinski definition) is 1. The number of carbonyl (C=O) groups excluding carboxylic acids is 2. The third kappa shape index (κ3) is 4.16. The number of carbonyl (C=O) groups is 2. The van der Waals surface area contributed by atoms with Crippen molar-refractivity contribution in [2.75, 3.05) is 19.4 Å². The number of pyridine rings is 1. The number of nitrogens with one attached hydrogen (secondary N) is 1. The summed E-state index contributed by atoms with van der Waals surface area (Å²) in [5.74, 6) is -0.212. The summed E-state index contributed by atoms with van der Waals surface area (Å²) in [6.07, 6.45) is 3.46. The Kier molecular flexibility index (Phi) is 5.11. The monoisotopic (exact) mass is 312 g/mol. The summed E-state index contributed by atoms with van der Waals surface area (Å²) < 4.78 is 1.71. The number of aromatic nitrogens is 1. The van der Waals surface area contributed by atoms with Gasteiger partial charge in [0.2, 0.25) is 6.54 Å². The molecule has 5 nitrogen and oxygen atoms in total. The van der Waals surface area contributed by atoms with Crippen LogP contribution < -0.4 is 9.88 Å². The lowest BCUT2D eigenvalue weighted by Gasteiger charge is -2.11. The SMILES string of the molecule is Cc1cccc(C)c1NC(=O)C[n+]1cccc(C(=O)N(C)C)c1. The van der Waals surface area contributed by atoms with Crippen molar-refractivity contribution in [3.05, 3.63) is 59.4 Å². The van der Waals surface area contributed by atoms with Gasteiger partial charge in [-0.2, -0.15) is 4.57 Å². The fraction of sp³-hybridized carbons (Fsp3) is 0.278. The molecule has 0 saturated carbocycles. The van der Waals surface area contributed by atoms with Gasteiger partial charge in [0.05, 0.1) is 0 Å². The summed E-state index contributed by atoms with van der Waals surface area (Å²) >= 11 is 0. The lowest BCUT2D eigenvalue weighted by molar-refractivity contribution is -0.684. The topological polar surface area (TPSA) is 53.3 Å². The quantitative estimate of drug-likeness (QED) is 0.877. The third-order valence-corrected chi connectivity index (χ3v) is 3.58. The third-order valence-electron chi connectivity index (χ3n) is 3.58. The molecule has 0 aliphatic rings. The van der Waals surface area contributed by atoms with Crippen molar-refractivity contribution in [1.29, 1.82) is 0 Å². The molecular formula is C18H22N3O2+. The first-order chi connectivity index (χ1) is 10.9. The van der Waals surface area contributed by atoms with E-state index in [-0.39, 0.29) is 18.4 Å². The summed E-state index contributed by atoms with van der Waals surface area (Å²) in [5.41, 5.74) is 3.45. The first kappa shape index (κ1) is 16.7. The second-order valence-corrected chi connectivity index (χ2v) is 5.78. The van der Waals surface area contributed by atoms with Crippen molar-refractivity contribution in [1.82, 2.24) is 4.90 Å². The van der Waals surface area contributed by atoms with E-state index >= 15 is 0 Å². The molecule has 0 radical (unpaired) electrons. The standard InChI is InChI=1S/C18H21N3O2/c1-13-7-5-8-14(2)17(13)19-16(22)12-21-10-6-9-15(11-21)18(23)20(3)4/h5-11H,12H2,1-4H3/p+1. The highest BCUT2D eigenvalue weighted by molar-refractivity contribution is 5.93. The van der Waals surface area contributed by atoms with Gasteiger partial charge in [-0.1, -0.05) is 18.2 Å². The normalized spacial score (nSPS) is 10.3. The van der Waals surface area contributed by atoms with E-state index in [9.17, 15) is 9.59 Å². The van der Waals surface area contributed by atoms with Crippen molar-refractivity contribution >= 4 is 17.5 Å². The van der Waals surface area contributed by atoms with Gasteiger partial charge < -0.3 is 10.2 Å². The van der Waals surface area contributed by atoms with Gasteiger partial charge in [-0.3, -0.25) is 9.59 Å². The lowest BCUT2D eigenvalue weighted by atomic mass is 10.1. The van der Waals surface area contributed by atoms with Crippen LogP contribution in [0, 0.1) is 13.8 Å². The van der Waals surface area contributed by atoms with E-state index in [1.165, 1.54) is 4.90 Å². The van der Waals surface area contributed by atoms with Crippen molar-refractivity contribution in [3.8, 4) is 0 Å². The molecule has 0 unspecified atom stereocenters. The molecule has 120 valence electrons. The van der Waals surface area contributed by atoms with Crippen molar-refractivity contribution in [2.24, 2.45) is 0 Å². The maximum absolute atomic E-state index is 12.3. The van der Waals surface area contributed by atoms with Crippen LogP contribution in [-0.2, 0) is 11.3 Å². The first-order valence-electron chi connectivity index (χ1n) is 7.45. The molecule has 2 amide bonds. The molecule has 2 aromatic rings. The molecule has 0 atom stereocenters. The molecule has 1 heterocycles. The summed E-state index contributed by atoms with van der Waals surface area (Å²) in [5, 5.41) is 2.94. The van der Waals surface area contributed by atoms with Crippen LogP contribution >= 0.6 is 0 Å². The fourth-order valence-electron chi connectivity index (χ4n) is 2.36. The van der Waals surface area contributed by atoms with E-state index in [4.69, 9.17) is 0 Å². The van der Waals surface area contributed by atoms with Gasteiger partial charge in [0.15, 0.2) is 12.4 Å². The fourth-order valence-corrected chi connectivity index (χ4v) is 2.36. The molecule has 0 bridgehead atoms. The molecule has 1 N–H and O–H groups in total. The van der Waals surface area contributed by atoms with Crippen LogP contribution in [0.3, 0.4) is 0 Å². The molecular weight excluding hydrogens is 290 g/mol. The Balaban J connectivity index is 2.12. The number of hydrogen-bond acceptors (Lipinski definition) is 2. The zero-order valence-electron chi connectivity index (χ0n) is 14.0. The van der Waals surface area contributed by atoms with Gasteiger partial charge in [0.1, 0.15) is 5.56 Å². The van der Waals surface area contributed by atoms with Crippen LogP contribution in [0.1, 0.15) is 21.5 Å². The number of nitrogens with zero attached hydrogens (tertiary/aromatic N) is 2. The van der Waals surface area contributed by atoms with E-state index in [1.807, 2.05) is 32.0 Å². The summed E-state index contributed by atoms with van der Waals surface area (Å²) in [4.78, 5) is 25.8. The summed E-state index contributed by atoms with van der Waals surface area (Å²) in [6, 6.07) is 9.40. The molecule has 23 heavy (non-hydrogen) atoms. The zero-order valence-corrected chi connectivity index (χ0v) is 14.0. The minimum Gasteiger partial charge on any atom is -0.345 e. The molecule has 0 saturated heterocycles. The van der Waals surface area contributed by atoms with Crippen LogP contribution in [0.2, 0.25) is 0 Å². The predicted octanol–water partition coefficient (Wildman–Crippen LogP) is 1.93. The number of aryl methyl sites for hydroxylation is 2. The van der Waals surface area contributed by atoms with E-state index in [2.05, 4.69) is 5.32 Å². The van der Waals surface area contributed by atoms with Gasteiger partial charge in [-0.05, 0) is 31.0 Å². The van der Waals surface area contributed by atoms with Crippen LogP contribution in [0.15, 0.2) is 42.7 Å². The second-order valence-electron chi connectivity index (χ2n) is 5.78. The Morgan fingerprint density at radius 3 is 2.35 bits per heavy atom. The van der Waals surface area contributed by atoms with E-state index in [0.717, 1.165) is 16.8 Å². The van der Waals surface area contributed by atoms with E-state index in [0.29, 0.717) is 5.56 Å². The number of benzene rings is 1. The Morgan fingerprint density at radius 2 is 1.74 bits per heavy atom. The molecule has 0 fully saturated rings. The van der Waals surface area contributed by atoms with Gasteiger partial charge in [-0.15, -0.1) is 0 Å². The van der Waals surface area contributed by atoms with Crippen LogP contribution in [0.4, 0.5) is 5.69 Å². The number of anilines is 1. The first-order valence-corrected chi connectivity index (χ1v) is 7.45. The Morgan fingerprint density at radius 1 is 1.09 bits per heavy atom. The molecule has 0 aliphatic carbocycles. The molecule has 1 aromatic heterocycles. The minimum atomic E-state index is -0.123. The number of rotatable bonds is 4. The van der Waals surface area contributed by atoms with Crippen molar-refractivity contribution in [2.45, 2.75) is 20.4 Å². The zero-order chi connectivity index (χ0) is 17.0. The molecule has 1 aromatic carbocycles. The summed E-state index contributed by atoms with van der Waals surface area (Å²) in [7, 11) is 3.40. The van der Waals surface area contributed by atoms with Crippen LogP contribution in [0.25, 0.3) is 0 Å². The van der Waals surface area contributed by atoms with Gasteiger partial charge in [-0.25, -0.2) is 0 Å². The molecule has 0 spiro atoms. The number of para-hydroxylation sites is 1. The minimum absolute atomic E-state index is 0.0884. The maximum atomic E-state index is 12.3. The van der Waals surface area contributed by atoms with Gasteiger partial charge in [0.25, 0.3) is 11.8 Å². The largest absolute Gasteiger partial charge is 0.345 e. The highest BCUT2D eigenvalue weighted by Gasteiger charge is 2.16. The Bertz CT molecular complexity index is 719. The Labute approximate surface area is 136 Å². The van der Waals surface area contributed by atoms with Crippen LogP contribution in [0.5, 0.6) is 0 Å². The molecule has 2 rings (SSSR count). The maximum Gasteiger partial charge on any atom is 0.290 e.